The van der Waals surface area contributed by atoms with Gasteiger partial charge in [0.25, 0.3) is 0 Å². The molecule has 1 aliphatic rings. The lowest BCUT2D eigenvalue weighted by Crippen LogP contribution is -2.36. The molecular weight excluding hydrogens is 232 g/mol. The fourth-order valence-electron chi connectivity index (χ4n) is 2.36. The summed E-state index contributed by atoms with van der Waals surface area (Å²) in [5.74, 6) is 0.643. The Bertz CT molecular complexity index is 340. The predicted molar refractivity (Wildman–Crippen MR) is 71.8 cm³/mol. The molecule has 1 fully saturated rings. The van der Waals surface area contributed by atoms with E-state index >= 15 is 0 Å². The highest BCUT2D eigenvalue weighted by molar-refractivity contribution is 7.11. The highest BCUT2D eigenvalue weighted by Crippen LogP contribution is 2.29. The van der Waals surface area contributed by atoms with Gasteiger partial charge in [-0.2, -0.15) is 0 Å². The van der Waals surface area contributed by atoms with Crippen LogP contribution in [0.25, 0.3) is 0 Å². The van der Waals surface area contributed by atoms with E-state index in [1.165, 1.54) is 29.3 Å². The summed E-state index contributed by atoms with van der Waals surface area (Å²) >= 11 is 1.86. The zero-order valence-electron chi connectivity index (χ0n) is 10.8. The monoisotopic (exact) mass is 254 g/mol. The van der Waals surface area contributed by atoms with E-state index in [-0.39, 0.29) is 0 Å². The standard InChI is InChI=1S/C13H22N2OS/c1-3-16-8-7-15-6-4-5-12(10-15)13-14-9-11(2)17-13/h9,12H,3-8,10H2,1-2H3. The van der Waals surface area contributed by atoms with Crippen molar-refractivity contribution in [3.63, 3.8) is 0 Å². The van der Waals surface area contributed by atoms with Gasteiger partial charge in [0.2, 0.25) is 0 Å². The summed E-state index contributed by atoms with van der Waals surface area (Å²) in [7, 11) is 0. The summed E-state index contributed by atoms with van der Waals surface area (Å²) in [5.41, 5.74) is 0. The number of nitrogens with zero attached hydrogens (tertiary/aromatic N) is 2. The fraction of sp³-hybridized carbons (Fsp3) is 0.769. The van der Waals surface area contributed by atoms with E-state index in [1.54, 1.807) is 0 Å². The van der Waals surface area contributed by atoms with E-state index in [0.717, 1.165) is 26.3 Å². The van der Waals surface area contributed by atoms with Crippen LogP contribution in [0, 0.1) is 6.92 Å². The predicted octanol–water partition coefficient (Wildman–Crippen LogP) is 2.67. The van der Waals surface area contributed by atoms with Crippen molar-refractivity contribution in [1.29, 1.82) is 0 Å². The van der Waals surface area contributed by atoms with Crippen LogP contribution in [0.3, 0.4) is 0 Å². The van der Waals surface area contributed by atoms with Crippen LogP contribution in [0.15, 0.2) is 6.20 Å². The maximum atomic E-state index is 5.43. The highest BCUT2D eigenvalue weighted by Gasteiger charge is 2.23. The summed E-state index contributed by atoms with van der Waals surface area (Å²) in [6.07, 6.45) is 4.58. The van der Waals surface area contributed by atoms with Crippen molar-refractivity contribution in [2.45, 2.75) is 32.6 Å². The van der Waals surface area contributed by atoms with Gasteiger partial charge in [-0.05, 0) is 33.2 Å². The quantitative estimate of drug-likeness (QED) is 0.755. The Hall–Kier alpha value is -0.450. The summed E-state index contributed by atoms with van der Waals surface area (Å²) < 4.78 is 5.43. The second-order valence-corrected chi connectivity index (χ2v) is 5.91. The molecule has 1 atom stereocenters. The first-order valence-corrected chi connectivity index (χ1v) is 7.33. The lowest BCUT2D eigenvalue weighted by Gasteiger charge is -2.31. The van der Waals surface area contributed by atoms with Crippen LogP contribution in [0.5, 0.6) is 0 Å². The largest absolute Gasteiger partial charge is 0.380 e. The molecule has 1 saturated heterocycles. The Labute approximate surface area is 108 Å². The molecule has 3 nitrogen and oxygen atoms in total. The van der Waals surface area contributed by atoms with Gasteiger partial charge < -0.3 is 9.64 Å². The molecule has 96 valence electrons. The third-order valence-corrected chi connectivity index (χ3v) is 4.33. The van der Waals surface area contributed by atoms with Gasteiger partial charge in [-0.15, -0.1) is 11.3 Å². The normalized spacial score (nSPS) is 21.9. The number of likely N-dealkylation sites (tertiary alicyclic amines) is 1. The minimum Gasteiger partial charge on any atom is -0.380 e. The van der Waals surface area contributed by atoms with Crippen LogP contribution in [0.1, 0.15) is 35.6 Å². The zero-order chi connectivity index (χ0) is 12.1. The maximum absolute atomic E-state index is 5.43. The molecule has 0 saturated carbocycles. The van der Waals surface area contributed by atoms with Crippen molar-refractivity contribution in [2.75, 3.05) is 32.8 Å². The van der Waals surface area contributed by atoms with E-state index in [9.17, 15) is 0 Å². The number of aryl methyl sites for hydroxylation is 1. The molecule has 0 amide bonds. The second-order valence-electron chi connectivity index (χ2n) is 4.65. The molecule has 1 aliphatic heterocycles. The molecule has 0 bridgehead atoms. The van der Waals surface area contributed by atoms with Crippen molar-refractivity contribution < 1.29 is 4.74 Å². The van der Waals surface area contributed by atoms with Gasteiger partial charge in [-0.3, -0.25) is 0 Å². The molecule has 2 rings (SSSR count). The van der Waals surface area contributed by atoms with Crippen molar-refractivity contribution in [2.24, 2.45) is 0 Å². The number of ether oxygens (including phenoxy) is 1. The van der Waals surface area contributed by atoms with Gasteiger partial charge in [0.05, 0.1) is 11.6 Å². The van der Waals surface area contributed by atoms with Crippen LogP contribution < -0.4 is 0 Å². The molecule has 17 heavy (non-hydrogen) atoms. The lowest BCUT2D eigenvalue weighted by molar-refractivity contribution is 0.101. The van der Waals surface area contributed by atoms with Crippen LogP contribution in [0.4, 0.5) is 0 Å². The van der Waals surface area contributed by atoms with Gasteiger partial charge in [0.1, 0.15) is 0 Å². The molecule has 2 heterocycles. The van der Waals surface area contributed by atoms with E-state index in [2.05, 4.69) is 23.7 Å². The van der Waals surface area contributed by atoms with Gasteiger partial charge >= 0.3 is 0 Å². The molecule has 0 spiro atoms. The second kappa shape index (κ2) is 6.47. The Kier molecular flexibility index (Phi) is 4.95. The summed E-state index contributed by atoms with van der Waals surface area (Å²) in [6, 6.07) is 0. The molecule has 0 radical (unpaired) electrons. The Morgan fingerprint density at radius 1 is 1.59 bits per heavy atom. The summed E-state index contributed by atoms with van der Waals surface area (Å²) in [5, 5.41) is 1.32. The van der Waals surface area contributed by atoms with Crippen LogP contribution in [-0.4, -0.2) is 42.7 Å². The Morgan fingerprint density at radius 3 is 3.18 bits per heavy atom. The van der Waals surface area contributed by atoms with Crippen LogP contribution in [-0.2, 0) is 4.74 Å². The van der Waals surface area contributed by atoms with Crippen molar-refractivity contribution in [1.82, 2.24) is 9.88 Å². The molecular formula is C13H22N2OS. The van der Waals surface area contributed by atoms with Gasteiger partial charge in [0.15, 0.2) is 0 Å². The Balaban J connectivity index is 1.84. The van der Waals surface area contributed by atoms with E-state index in [0.29, 0.717) is 5.92 Å². The number of aromatic nitrogens is 1. The zero-order valence-corrected chi connectivity index (χ0v) is 11.6. The number of piperidine rings is 1. The SMILES string of the molecule is CCOCCN1CCCC(c2ncc(C)s2)C1. The molecule has 0 N–H and O–H groups in total. The average Bonchev–Trinajstić information content (AvgIpc) is 2.77. The third kappa shape index (κ3) is 3.76. The lowest BCUT2D eigenvalue weighted by atomic mass is 9.99. The molecule has 1 unspecified atom stereocenters. The molecule has 0 aliphatic carbocycles. The first kappa shape index (κ1) is 13.0. The minimum atomic E-state index is 0.643. The summed E-state index contributed by atoms with van der Waals surface area (Å²) in [4.78, 5) is 8.37. The van der Waals surface area contributed by atoms with Crippen LogP contribution >= 0.6 is 11.3 Å². The van der Waals surface area contributed by atoms with Crippen molar-refractivity contribution in [3.05, 3.63) is 16.1 Å². The number of hydrogen-bond acceptors (Lipinski definition) is 4. The fourth-order valence-corrected chi connectivity index (χ4v) is 3.26. The van der Waals surface area contributed by atoms with Crippen LogP contribution in [0.2, 0.25) is 0 Å². The summed E-state index contributed by atoms with van der Waals surface area (Å²) in [6.45, 7) is 9.31. The smallest absolute Gasteiger partial charge is 0.0971 e. The van der Waals surface area contributed by atoms with Gasteiger partial charge in [-0.25, -0.2) is 4.98 Å². The average molecular weight is 254 g/mol. The first-order valence-electron chi connectivity index (χ1n) is 6.52. The number of hydrogen-bond donors (Lipinski definition) is 0. The van der Waals surface area contributed by atoms with E-state index < -0.39 is 0 Å². The highest BCUT2D eigenvalue weighted by atomic mass is 32.1. The van der Waals surface area contributed by atoms with Gasteiger partial charge in [0, 0.05) is 36.7 Å². The molecule has 1 aromatic heterocycles. The third-order valence-electron chi connectivity index (χ3n) is 3.25. The minimum absolute atomic E-state index is 0.643. The maximum Gasteiger partial charge on any atom is 0.0971 e. The molecule has 4 heteroatoms. The van der Waals surface area contributed by atoms with Crippen molar-refractivity contribution >= 4 is 11.3 Å². The topological polar surface area (TPSA) is 25.4 Å². The van der Waals surface area contributed by atoms with E-state index in [4.69, 9.17) is 4.74 Å². The molecule has 0 aromatic carbocycles. The van der Waals surface area contributed by atoms with E-state index in [1.807, 2.05) is 17.5 Å². The van der Waals surface area contributed by atoms with Gasteiger partial charge in [-0.1, -0.05) is 0 Å². The number of rotatable bonds is 5. The number of thiazole rings is 1. The Morgan fingerprint density at radius 2 is 2.47 bits per heavy atom. The van der Waals surface area contributed by atoms with Crippen molar-refractivity contribution in [3.8, 4) is 0 Å². The molecule has 1 aromatic rings. The first-order chi connectivity index (χ1) is 8.29.